The average Bonchev–Trinajstić information content (AvgIpc) is 2.54. The van der Waals surface area contributed by atoms with Crippen LogP contribution < -0.4 is 5.73 Å². The van der Waals surface area contributed by atoms with Gasteiger partial charge in [0.2, 0.25) is 0 Å². The van der Waals surface area contributed by atoms with Crippen LogP contribution in [0.3, 0.4) is 0 Å². The Labute approximate surface area is 97.9 Å². The highest BCUT2D eigenvalue weighted by molar-refractivity contribution is 6.30. The van der Waals surface area contributed by atoms with Crippen molar-refractivity contribution in [1.29, 1.82) is 5.26 Å². The first kappa shape index (κ1) is 10.5. The third-order valence-corrected chi connectivity index (χ3v) is 2.50. The van der Waals surface area contributed by atoms with Gasteiger partial charge in [-0.25, -0.2) is 4.68 Å². The lowest BCUT2D eigenvalue weighted by Crippen LogP contribution is -2.02. The Kier molecular flexibility index (Phi) is 2.55. The quantitative estimate of drug-likeness (QED) is 0.820. The average molecular weight is 233 g/mol. The Balaban J connectivity index is 2.62. The molecule has 0 aliphatic heterocycles. The van der Waals surface area contributed by atoms with Gasteiger partial charge in [0.05, 0.1) is 11.4 Å². The maximum Gasteiger partial charge on any atom is 0.145 e. The van der Waals surface area contributed by atoms with E-state index in [0.29, 0.717) is 22.1 Å². The zero-order valence-corrected chi connectivity index (χ0v) is 9.36. The van der Waals surface area contributed by atoms with E-state index in [0.717, 1.165) is 5.69 Å². The molecule has 16 heavy (non-hydrogen) atoms. The summed E-state index contributed by atoms with van der Waals surface area (Å²) in [7, 11) is 0. The molecule has 0 radical (unpaired) electrons. The van der Waals surface area contributed by atoms with E-state index in [1.807, 2.05) is 12.1 Å². The number of nitriles is 1. The maximum absolute atomic E-state index is 8.90. The van der Waals surface area contributed by atoms with Gasteiger partial charge >= 0.3 is 0 Å². The fourth-order valence-electron chi connectivity index (χ4n) is 1.49. The summed E-state index contributed by atoms with van der Waals surface area (Å²) in [4.78, 5) is 0. The molecule has 0 saturated heterocycles. The molecule has 0 spiro atoms. The van der Waals surface area contributed by atoms with Crippen molar-refractivity contribution in [3.8, 4) is 11.8 Å². The summed E-state index contributed by atoms with van der Waals surface area (Å²) in [5, 5.41) is 13.7. The summed E-state index contributed by atoms with van der Waals surface area (Å²) in [6, 6.07) is 9.17. The summed E-state index contributed by atoms with van der Waals surface area (Å²) in [6.45, 7) is 1.75. The lowest BCUT2D eigenvalue weighted by Gasteiger charge is -2.03. The minimum absolute atomic E-state index is 0.335. The van der Waals surface area contributed by atoms with Crippen molar-refractivity contribution in [3.63, 3.8) is 0 Å². The Bertz CT molecular complexity index is 580. The number of nitrogens with two attached hydrogens (primary N) is 1. The number of halogens is 1. The highest BCUT2D eigenvalue weighted by Gasteiger charge is 2.12. The molecule has 0 bridgehead atoms. The van der Waals surface area contributed by atoms with E-state index < -0.39 is 0 Å². The van der Waals surface area contributed by atoms with Crippen LogP contribution in [0.2, 0.25) is 5.02 Å². The van der Waals surface area contributed by atoms with Gasteiger partial charge in [-0.3, -0.25) is 0 Å². The number of hydrogen-bond donors (Lipinski definition) is 1. The SMILES string of the molecule is Cc1nn(-c2cccc(Cl)c2)c(N)c1C#N. The molecule has 1 aromatic carbocycles. The van der Waals surface area contributed by atoms with Crippen LogP contribution in [0.5, 0.6) is 0 Å². The third kappa shape index (κ3) is 1.62. The predicted octanol–water partition coefficient (Wildman–Crippen LogP) is 2.29. The molecule has 0 aliphatic carbocycles. The molecule has 4 nitrogen and oxygen atoms in total. The molecular weight excluding hydrogens is 224 g/mol. The summed E-state index contributed by atoms with van der Waals surface area (Å²) < 4.78 is 1.51. The zero-order chi connectivity index (χ0) is 11.7. The molecule has 0 unspecified atom stereocenters. The molecule has 1 heterocycles. The Hall–Kier alpha value is -1.99. The van der Waals surface area contributed by atoms with Gasteiger partial charge in [0.15, 0.2) is 0 Å². The first-order chi connectivity index (χ1) is 7.63. The number of rotatable bonds is 1. The van der Waals surface area contributed by atoms with E-state index in [-0.39, 0.29) is 0 Å². The molecule has 5 heteroatoms. The Morgan fingerprint density at radius 2 is 2.25 bits per heavy atom. The molecule has 0 fully saturated rings. The van der Waals surface area contributed by atoms with Crippen LogP contribution in [0.1, 0.15) is 11.3 Å². The standard InChI is InChI=1S/C11H9ClN4/c1-7-10(6-13)11(14)16(15-7)9-4-2-3-8(12)5-9/h2-5H,14H2,1H3. The smallest absolute Gasteiger partial charge is 0.145 e. The van der Waals surface area contributed by atoms with Gasteiger partial charge in [-0.1, -0.05) is 17.7 Å². The number of nitrogens with zero attached hydrogens (tertiary/aromatic N) is 3. The van der Waals surface area contributed by atoms with Crippen molar-refractivity contribution in [1.82, 2.24) is 9.78 Å². The molecule has 0 aliphatic rings. The van der Waals surface area contributed by atoms with Crippen LogP contribution in [0, 0.1) is 18.3 Å². The van der Waals surface area contributed by atoms with E-state index in [2.05, 4.69) is 5.10 Å². The second-order valence-corrected chi connectivity index (χ2v) is 3.79. The van der Waals surface area contributed by atoms with Gasteiger partial charge in [-0.2, -0.15) is 10.4 Å². The van der Waals surface area contributed by atoms with Crippen molar-refractivity contribution >= 4 is 17.4 Å². The highest BCUT2D eigenvalue weighted by atomic mass is 35.5. The van der Waals surface area contributed by atoms with E-state index in [1.165, 1.54) is 4.68 Å². The number of benzene rings is 1. The minimum atomic E-state index is 0.335. The van der Waals surface area contributed by atoms with Crippen molar-refractivity contribution in [2.24, 2.45) is 0 Å². The van der Waals surface area contributed by atoms with Crippen LogP contribution in [0.25, 0.3) is 5.69 Å². The van der Waals surface area contributed by atoms with Gasteiger partial charge in [-0.05, 0) is 25.1 Å². The minimum Gasteiger partial charge on any atom is -0.382 e. The monoisotopic (exact) mass is 232 g/mol. The lowest BCUT2D eigenvalue weighted by atomic mass is 10.2. The van der Waals surface area contributed by atoms with Crippen LogP contribution in [0.4, 0.5) is 5.82 Å². The topological polar surface area (TPSA) is 67.6 Å². The fraction of sp³-hybridized carbons (Fsp3) is 0.0909. The normalized spacial score (nSPS) is 10.1. The summed E-state index contributed by atoms with van der Waals surface area (Å²) in [5.74, 6) is 0.335. The number of aromatic nitrogens is 2. The number of hydrogen-bond acceptors (Lipinski definition) is 3. The number of aryl methyl sites for hydroxylation is 1. The molecule has 0 atom stereocenters. The van der Waals surface area contributed by atoms with E-state index >= 15 is 0 Å². The predicted molar refractivity (Wildman–Crippen MR) is 62.4 cm³/mol. The van der Waals surface area contributed by atoms with Crippen molar-refractivity contribution < 1.29 is 0 Å². The summed E-state index contributed by atoms with van der Waals surface area (Å²) in [6.07, 6.45) is 0. The Morgan fingerprint density at radius 1 is 1.50 bits per heavy atom. The van der Waals surface area contributed by atoms with Crippen LogP contribution in [0.15, 0.2) is 24.3 Å². The molecule has 80 valence electrons. The first-order valence-electron chi connectivity index (χ1n) is 4.64. The molecule has 2 rings (SSSR count). The van der Waals surface area contributed by atoms with Gasteiger partial charge in [0.25, 0.3) is 0 Å². The Morgan fingerprint density at radius 3 is 2.81 bits per heavy atom. The third-order valence-electron chi connectivity index (χ3n) is 2.26. The lowest BCUT2D eigenvalue weighted by molar-refractivity contribution is 0.872. The van der Waals surface area contributed by atoms with Gasteiger partial charge < -0.3 is 5.73 Å². The van der Waals surface area contributed by atoms with Gasteiger partial charge in [-0.15, -0.1) is 0 Å². The van der Waals surface area contributed by atoms with E-state index in [1.54, 1.807) is 25.1 Å². The van der Waals surface area contributed by atoms with Crippen molar-refractivity contribution in [3.05, 3.63) is 40.5 Å². The molecule has 0 saturated carbocycles. The van der Waals surface area contributed by atoms with Gasteiger partial charge in [0, 0.05) is 5.02 Å². The maximum atomic E-state index is 8.90. The molecule has 1 aromatic heterocycles. The van der Waals surface area contributed by atoms with E-state index in [9.17, 15) is 0 Å². The number of anilines is 1. The van der Waals surface area contributed by atoms with Crippen molar-refractivity contribution in [2.75, 3.05) is 5.73 Å². The molecule has 0 amide bonds. The van der Waals surface area contributed by atoms with E-state index in [4.69, 9.17) is 22.6 Å². The van der Waals surface area contributed by atoms with Crippen LogP contribution in [-0.2, 0) is 0 Å². The fourth-order valence-corrected chi connectivity index (χ4v) is 1.67. The molecule has 2 aromatic rings. The molecular formula is C11H9ClN4. The summed E-state index contributed by atoms with van der Waals surface area (Å²) >= 11 is 5.88. The van der Waals surface area contributed by atoms with Crippen LogP contribution >= 0.6 is 11.6 Å². The van der Waals surface area contributed by atoms with Gasteiger partial charge in [0.1, 0.15) is 17.5 Å². The summed E-state index contributed by atoms with van der Waals surface area (Å²) in [5.41, 5.74) is 7.59. The van der Waals surface area contributed by atoms with Crippen LogP contribution in [-0.4, -0.2) is 9.78 Å². The largest absolute Gasteiger partial charge is 0.382 e. The number of nitrogen functional groups attached to an aromatic ring is 1. The van der Waals surface area contributed by atoms with Crippen molar-refractivity contribution in [2.45, 2.75) is 6.92 Å². The highest BCUT2D eigenvalue weighted by Crippen LogP contribution is 2.21. The zero-order valence-electron chi connectivity index (χ0n) is 8.61. The first-order valence-corrected chi connectivity index (χ1v) is 5.02. The molecule has 2 N–H and O–H groups in total. The second kappa shape index (κ2) is 3.87. The second-order valence-electron chi connectivity index (χ2n) is 3.35.